The number of rotatable bonds is 5. The van der Waals surface area contributed by atoms with Gasteiger partial charge in [-0.1, -0.05) is 18.2 Å². The molecule has 27 heavy (non-hydrogen) atoms. The fourth-order valence-electron chi connectivity index (χ4n) is 3.24. The Balaban J connectivity index is 1.63. The molecule has 0 atom stereocenters. The molecule has 0 bridgehead atoms. The Labute approximate surface area is 160 Å². The number of carbonyl (C=O) groups excluding carboxylic acids is 1. The highest BCUT2D eigenvalue weighted by Crippen LogP contribution is 2.30. The van der Waals surface area contributed by atoms with Crippen molar-refractivity contribution in [2.24, 2.45) is 0 Å². The summed E-state index contributed by atoms with van der Waals surface area (Å²) in [6.45, 7) is 7.39. The molecule has 1 saturated heterocycles. The topological polar surface area (TPSA) is 54.0 Å². The molecule has 1 fully saturated rings. The maximum Gasteiger partial charge on any atom is 0.322 e. The zero-order chi connectivity index (χ0) is 19.2. The number of hydrogen-bond acceptors (Lipinski definition) is 4. The Morgan fingerprint density at radius 2 is 1.81 bits per heavy atom. The van der Waals surface area contributed by atoms with E-state index in [-0.39, 0.29) is 6.03 Å². The SMILES string of the molecule is CCOc1ccccc1NC(=O)N1CCN(c2cc(C)ccc2OC)CC1. The Hall–Kier alpha value is -2.89. The quantitative estimate of drug-likeness (QED) is 0.872. The van der Waals surface area contributed by atoms with Gasteiger partial charge in [-0.05, 0) is 43.7 Å². The summed E-state index contributed by atoms with van der Waals surface area (Å²) < 4.78 is 11.1. The van der Waals surface area contributed by atoms with Crippen LogP contribution in [-0.4, -0.2) is 50.8 Å². The van der Waals surface area contributed by atoms with E-state index in [2.05, 4.69) is 23.2 Å². The van der Waals surface area contributed by atoms with Crippen LogP contribution < -0.4 is 19.7 Å². The van der Waals surface area contributed by atoms with Crippen LogP contribution in [0.25, 0.3) is 0 Å². The van der Waals surface area contributed by atoms with Crippen LogP contribution in [-0.2, 0) is 0 Å². The van der Waals surface area contributed by atoms with Gasteiger partial charge in [-0.3, -0.25) is 0 Å². The third-order valence-corrected chi connectivity index (χ3v) is 4.67. The minimum absolute atomic E-state index is 0.0991. The number of amides is 2. The van der Waals surface area contributed by atoms with Crippen molar-refractivity contribution in [1.29, 1.82) is 0 Å². The van der Waals surface area contributed by atoms with Crippen molar-refractivity contribution in [2.45, 2.75) is 13.8 Å². The third-order valence-electron chi connectivity index (χ3n) is 4.67. The molecule has 2 amide bonds. The Kier molecular flexibility index (Phi) is 6.06. The fraction of sp³-hybridized carbons (Fsp3) is 0.381. The van der Waals surface area contributed by atoms with Gasteiger partial charge < -0.3 is 24.6 Å². The number of anilines is 2. The van der Waals surface area contributed by atoms with Crippen molar-refractivity contribution >= 4 is 17.4 Å². The molecule has 144 valence electrons. The third kappa shape index (κ3) is 4.45. The lowest BCUT2D eigenvalue weighted by atomic mass is 10.1. The largest absolute Gasteiger partial charge is 0.495 e. The van der Waals surface area contributed by atoms with Crippen LogP contribution in [0.1, 0.15) is 12.5 Å². The molecule has 0 unspecified atom stereocenters. The van der Waals surface area contributed by atoms with Crippen molar-refractivity contribution in [3.8, 4) is 11.5 Å². The summed E-state index contributed by atoms with van der Waals surface area (Å²) >= 11 is 0. The van der Waals surface area contributed by atoms with Gasteiger partial charge in [0.15, 0.2) is 0 Å². The second-order valence-corrected chi connectivity index (χ2v) is 6.51. The van der Waals surface area contributed by atoms with E-state index in [4.69, 9.17) is 9.47 Å². The highest BCUT2D eigenvalue weighted by atomic mass is 16.5. The molecule has 1 aliphatic rings. The van der Waals surface area contributed by atoms with Crippen LogP contribution >= 0.6 is 0 Å². The van der Waals surface area contributed by atoms with Gasteiger partial charge in [0.05, 0.1) is 25.1 Å². The predicted molar refractivity (Wildman–Crippen MR) is 108 cm³/mol. The Morgan fingerprint density at radius 3 is 2.52 bits per heavy atom. The first-order valence-electron chi connectivity index (χ1n) is 9.29. The van der Waals surface area contributed by atoms with E-state index in [9.17, 15) is 4.79 Å². The van der Waals surface area contributed by atoms with E-state index >= 15 is 0 Å². The van der Waals surface area contributed by atoms with Gasteiger partial charge >= 0.3 is 6.03 Å². The average molecular weight is 369 g/mol. The molecule has 6 nitrogen and oxygen atoms in total. The molecule has 1 N–H and O–H groups in total. The molecular formula is C21H27N3O3. The Morgan fingerprint density at radius 1 is 1.07 bits per heavy atom. The van der Waals surface area contributed by atoms with Gasteiger partial charge in [-0.15, -0.1) is 0 Å². The summed E-state index contributed by atoms with van der Waals surface area (Å²) in [5, 5.41) is 2.97. The number of hydrogen-bond donors (Lipinski definition) is 1. The molecule has 2 aromatic carbocycles. The highest BCUT2D eigenvalue weighted by Gasteiger charge is 2.23. The van der Waals surface area contributed by atoms with Gasteiger partial charge in [0.1, 0.15) is 11.5 Å². The second-order valence-electron chi connectivity index (χ2n) is 6.51. The van der Waals surface area contributed by atoms with Gasteiger partial charge in [-0.25, -0.2) is 4.79 Å². The number of benzene rings is 2. The number of methoxy groups -OCH3 is 1. The molecule has 6 heteroatoms. The molecule has 0 aromatic heterocycles. The van der Waals surface area contributed by atoms with Crippen molar-refractivity contribution in [1.82, 2.24) is 4.90 Å². The first kappa shape index (κ1) is 18.9. The minimum Gasteiger partial charge on any atom is -0.495 e. The lowest BCUT2D eigenvalue weighted by Gasteiger charge is -2.36. The van der Waals surface area contributed by atoms with E-state index in [1.54, 1.807) is 7.11 Å². The monoisotopic (exact) mass is 369 g/mol. The van der Waals surface area contributed by atoms with Crippen molar-refractivity contribution in [2.75, 3.05) is 50.1 Å². The summed E-state index contributed by atoms with van der Waals surface area (Å²) in [5.74, 6) is 1.56. The van der Waals surface area contributed by atoms with E-state index in [1.165, 1.54) is 5.56 Å². The highest BCUT2D eigenvalue weighted by molar-refractivity contribution is 5.91. The molecule has 3 rings (SSSR count). The zero-order valence-corrected chi connectivity index (χ0v) is 16.2. The van der Waals surface area contributed by atoms with Crippen LogP contribution in [0.15, 0.2) is 42.5 Å². The summed E-state index contributed by atoms with van der Waals surface area (Å²) in [6.07, 6.45) is 0. The molecule has 1 aliphatic heterocycles. The molecule has 2 aromatic rings. The molecule has 0 radical (unpaired) electrons. The van der Waals surface area contributed by atoms with Gasteiger partial charge in [0, 0.05) is 26.2 Å². The number of carbonyl (C=O) groups is 1. The molecule has 0 spiro atoms. The Bertz CT molecular complexity index is 786. The van der Waals surface area contributed by atoms with E-state index < -0.39 is 0 Å². The van der Waals surface area contributed by atoms with Crippen LogP contribution in [0.2, 0.25) is 0 Å². The standard InChI is InChI=1S/C21H27N3O3/c1-4-27-19-8-6-5-7-17(19)22-21(25)24-13-11-23(12-14-24)18-15-16(2)9-10-20(18)26-3/h5-10,15H,4,11-14H2,1-3H3,(H,22,25). The molecular weight excluding hydrogens is 342 g/mol. The van der Waals surface area contributed by atoms with Crippen LogP contribution in [0.3, 0.4) is 0 Å². The van der Waals surface area contributed by atoms with Gasteiger partial charge in [0.2, 0.25) is 0 Å². The minimum atomic E-state index is -0.0991. The summed E-state index contributed by atoms with van der Waals surface area (Å²) in [5.41, 5.74) is 2.98. The summed E-state index contributed by atoms with van der Waals surface area (Å²) in [6, 6.07) is 13.6. The van der Waals surface area contributed by atoms with Crippen molar-refractivity contribution < 1.29 is 14.3 Å². The number of nitrogens with one attached hydrogen (secondary N) is 1. The van der Waals surface area contributed by atoms with Gasteiger partial charge in [-0.2, -0.15) is 0 Å². The summed E-state index contributed by atoms with van der Waals surface area (Å²) in [4.78, 5) is 16.8. The second kappa shape index (κ2) is 8.66. The fourth-order valence-corrected chi connectivity index (χ4v) is 3.24. The molecule has 0 aliphatic carbocycles. The molecule has 1 heterocycles. The number of aryl methyl sites for hydroxylation is 1. The smallest absolute Gasteiger partial charge is 0.322 e. The number of piperazine rings is 1. The normalized spacial score (nSPS) is 14.0. The van der Waals surface area contributed by atoms with Crippen LogP contribution in [0.5, 0.6) is 11.5 Å². The van der Waals surface area contributed by atoms with E-state index in [0.29, 0.717) is 31.1 Å². The van der Waals surface area contributed by atoms with E-state index in [1.807, 2.05) is 48.2 Å². The first-order chi connectivity index (χ1) is 13.1. The molecule has 0 saturated carbocycles. The predicted octanol–water partition coefficient (Wildman–Crippen LogP) is 3.76. The number of ether oxygens (including phenoxy) is 2. The van der Waals surface area contributed by atoms with Crippen molar-refractivity contribution in [3.63, 3.8) is 0 Å². The first-order valence-corrected chi connectivity index (χ1v) is 9.29. The van der Waals surface area contributed by atoms with E-state index in [0.717, 1.165) is 24.5 Å². The van der Waals surface area contributed by atoms with Crippen LogP contribution in [0, 0.1) is 6.92 Å². The number of urea groups is 1. The lowest BCUT2D eigenvalue weighted by molar-refractivity contribution is 0.208. The van der Waals surface area contributed by atoms with Crippen molar-refractivity contribution in [3.05, 3.63) is 48.0 Å². The average Bonchev–Trinajstić information content (AvgIpc) is 2.70. The number of nitrogens with zero attached hydrogens (tertiary/aromatic N) is 2. The summed E-state index contributed by atoms with van der Waals surface area (Å²) in [7, 11) is 1.69. The number of para-hydroxylation sites is 2. The maximum absolute atomic E-state index is 12.7. The van der Waals surface area contributed by atoms with Gasteiger partial charge in [0.25, 0.3) is 0 Å². The van der Waals surface area contributed by atoms with Crippen LogP contribution in [0.4, 0.5) is 16.2 Å². The maximum atomic E-state index is 12.7. The zero-order valence-electron chi connectivity index (χ0n) is 16.2. The lowest BCUT2D eigenvalue weighted by Crippen LogP contribution is -2.50.